The van der Waals surface area contributed by atoms with Gasteiger partial charge in [-0.15, -0.1) is 0 Å². The molecule has 0 aliphatic heterocycles. The number of halogens is 6. The first-order chi connectivity index (χ1) is 16.4. The third kappa shape index (κ3) is 7.06. The molecule has 1 unspecified atom stereocenters. The number of amides is 2. The van der Waals surface area contributed by atoms with Crippen LogP contribution in [0.1, 0.15) is 46.7 Å². The van der Waals surface area contributed by atoms with Crippen LogP contribution in [0.15, 0.2) is 42.5 Å². The summed E-state index contributed by atoms with van der Waals surface area (Å²) in [5.41, 5.74) is 0.671. The van der Waals surface area contributed by atoms with Crippen LogP contribution in [0, 0.1) is 0 Å². The summed E-state index contributed by atoms with van der Waals surface area (Å²) >= 11 is 0. The van der Waals surface area contributed by atoms with Crippen LogP contribution < -0.4 is 16.1 Å². The molecule has 0 bridgehead atoms. The van der Waals surface area contributed by atoms with Gasteiger partial charge >= 0.3 is 12.4 Å². The van der Waals surface area contributed by atoms with Crippen molar-refractivity contribution in [1.82, 2.24) is 10.8 Å². The van der Waals surface area contributed by atoms with Crippen LogP contribution in [0.25, 0.3) is 6.08 Å². The number of anilines is 1. The molecule has 1 aliphatic carbocycles. The summed E-state index contributed by atoms with van der Waals surface area (Å²) in [6, 6.07) is 6.36. The van der Waals surface area contributed by atoms with Crippen molar-refractivity contribution < 1.29 is 41.1 Å². The number of alkyl halides is 6. The van der Waals surface area contributed by atoms with Gasteiger partial charge in [-0.2, -0.15) is 26.3 Å². The lowest BCUT2D eigenvalue weighted by molar-refractivity contribution is -0.143. The Labute approximate surface area is 196 Å². The fourth-order valence-corrected chi connectivity index (χ4v) is 3.77. The highest BCUT2D eigenvalue weighted by molar-refractivity contribution is 5.91. The standard InChI is InChI=1S/C23H21F6N3O3/c24-22(25,26)15-10-16(23(27,28)29)12-17(11-15)31-20(33)7-8-30-19-5-3-14-9-13(1-4-18(14)19)2-6-21(34)32-35/h1-2,4,6,9-12,19,30,35H,3,5,7-8H2,(H,31,33)(H,32,34)/b6-2+. The second kappa shape index (κ2) is 10.5. The first-order valence-electron chi connectivity index (χ1n) is 10.4. The van der Waals surface area contributed by atoms with E-state index in [4.69, 9.17) is 5.21 Å². The second-order valence-corrected chi connectivity index (χ2v) is 7.91. The summed E-state index contributed by atoms with van der Waals surface area (Å²) in [4.78, 5) is 23.3. The number of aryl methyl sites for hydroxylation is 1. The first-order valence-corrected chi connectivity index (χ1v) is 10.4. The maximum Gasteiger partial charge on any atom is 0.416 e. The molecule has 0 radical (unpaired) electrons. The van der Waals surface area contributed by atoms with E-state index in [9.17, 15) is 35.9 Å². The second-order valence-electron chi connectivity index (χ2n) is 7.91. The van der Waals surface area contributed by atoms with Gasteiger partial charge in [0.2, 0.25) is 5.91 Å². The van der Waals surface area contributed by atoms with Crippen LogP contribution in [0.5, 0.6) is 0 Å². The van der Waals surface area contributed by atoms with E-state index >= 15 is 0 Å². The molecule has 2 amide bonds. The number of rotatable bonds is 7. The predicted octanol–water partition coefficient (Wildman–Crippen LogP) is 4.85. The van der Waals surface area contributed by atoms with Gasteiger partial charge in [-0.3, -0.25) is 14.8 Å². The van der Waals surface area contributed by atoms with Crippen molar-refractivity contribution in [2.75, 3.05) is 11.9 Å². The third-order valence-corrected chi connectivity index (χ3v) is 5.40. The lowest BCUT2D eigenvalue weighted by Gasteiger charge is -2.16. The minimum Gasteiger partial charge on any atom is -0.326 e. The van der Waals surface area contributed by atoms with Gasteiger partial charge in [0.1, 0.15) is 0 Å². The molecule has 1 atom stereocenters. The maximum absolute atomic E-state index is 13.0. The lowest BCUT2D eigenvalue weighted by Crippen LogP contribution is -2.25. The summed E-state index contributed by atoms with van der Waals surface area (Å²) in [5, 5.41) is 13.8. The Hall–Kier alpha value is -3.38. The highest BCUT2D eigenvalue weighted by Crippen LogP contribution is 2.37. The van der Waals surface area contributed by atoms with E-state index in [1.165, 1.54) is 17.6 Å². The van der Waals surface area contributed by atoms with E-state index in [0.29, 0.717) is 12.1 Å². The molecule has 0 heterocycles. The zero-order valence-electron chi connectivity index (χ0n) is 18.1. The van der Waals surface area contributed by atoms with Gasteiger partial charge in [-0.25, -0.2) is 5.48 Å². The monoisotopic (exact) mass is 501 g/mol. The molecule has 0 saturated heterocycles. The topological polar surface area (TPSA) is 90.5 Å². The molecule has 3 rings (SSSR count). The Bertz CT molecular complexity index is 1100. The Morgan fingerprint density at radius 2 is 1.66 bits per heavy atom. The Morgan fingerprint density at radius 3 is 2.26 bits per heavy atom. The number of hydroxylamine groups is 1. The SMILES string of the molecule is O=C(/C=C/c1ccc2c(c1)CCC2NCCC(=O)Nc1cc(C(F)(F)F)cc(C(F)(F)F)c1)NO. The largest absolute Gasteiger partial charge is 0.416 e. The van der Waals surface area contributed by atoms with Crippen LogP contribution in [-0.2, 0) is 28.4 Å². The Morgan fingerprint density at radius 1 is 1.00 bits per heavy atom. The summed E-state index contributed by atoms with van der Waals surface area (Å²) in [7, 11) is 0. The molecule has 188 valence electrons. The minimum absolute atomic E-state index is 0.00263. The van der Waals surface area contributed by atoms with Gasteiger partial charge in [-0.05, 0) is 53.8 Å². The van der Waals surface area contributed by atoms with Crippen molar-refractivity contribution in [2.45, 2.75) is 37.7 Å². The van der Waals surface area contributed by atoms with E-state index < -0.39 is 41.0 Å². The molecular weight excluding hydrogens is 480 g/mol. The summed E-state index contributed by atoms with van der Waals surface area (Å²) in [5.74, 6) is -1.39. The molecular formula is C23H21F6N3O3. The molecule has 2 aromatic rings. The highest BCUT2D eigenvalue weighted by atomic mass is 19.4. The Balaban J connectivity index is 1.58. The molecule has 6 nitrogen and oxygen atoms in total. The molecule has 0 aromatic heterocycles. The van der Waals surface area contributed by atoms with Gasteiger partial charge in [-0.1, -0.05) is 18.2 Å². The lowest BCUT2D eigenvalue weighted by atomic mass is 10.0. The zero-order chi connectivity index (χ0) is 25.8. The van der Waals surface area contributed by atoms with E-state index in [0.717, 1.165) is 29.5 Å². The summed E-state index contributed by atoms with van der Waals surface area (Å²) < 4.78 is 77.8. The number of nitrogens with one attached hydrogen (secondary N) is 3. The predicted molar refractivity (Wildman–Crippen MR) is 114 cm³/mol. The van der Waals surface area contributed by atoms with E-state index in [1.54, 1.807) is 6.07 Å². The van der Waals surface area contributed by atoms with Crippen LogP contribution in [-0.4, -0.2) is 23.6 Å². The van der Waals surface area contributed by atoms with Crippen LogP contribution >= 0.6 is 0 Å². The molecule has 0 fully saturated rings. The average Bonchev–Trinajstić information content (AvgIpc) is 3.18. The van der Waals surface area contributed by atoms with Crippen molar-refractivity contribution in [1.29, 1.82) is 0 Å². The first kappa shape index (κ1) is 26.2. The number of benzene rings is 2. The highest BCUT2D eigenvalue weighted by Gasteiger charge is 2.37. The number of hydrogen-bond acceptors (Lipinski definition) is 4. The molecule has 35 heavy (non-hydrogen) atoms. The fourth-order valence-electron chi connectivity index (χ4n) is 3.77. The van der Waals surface area contributed by atoms with Gasteiger partial charge in [0.15, 0.2) is 0 Å². The molecule has 0 spiro atoms. The average molecular weight is 501 g/mol. The quantitative estimate of drug-likeness (QED) is 0.189. The van der Waals surface area contributed by atoms with Crippen molar-refractivity contribution in [3.05, 3.63) is 70.3 Å². The molecule has 1 aliphatic rings. The van der Waals surface area contributed by atoms with E-state index in [1.807, 2.05) is 12.1 Å². The van der Waals surface area contributed by atoms with Crippen LogP contribution in [0.3, 0.4) is 0 Å². The third-order valence-electron chi connectivity index (χ3n) is 5.40. The summed E-state index contributed by atoms with van der Waals surface area (Å²) in [6.45, 7) is 0.152. The van der Waals surface area contributed by atoms with Crippen molar-refractivity contribution in [3.63, 3.8) is 0 Å². The number of fused-ring (bicyclic) bond motifs is 1. The minimum atomic E-state index is -5.00. The number of carbonyl (C=O) groups is 2. The molecule has 2 aromatic carbocycles. The maximum atomic E-state index is 13.0. The fraction of sp³-hybridized carbons (Fsp3) is 0.304. The molecule has 0 saturated carbocycles. The zero-order valence-corrected chi connectivity index (χ0v) is 18.1. The van der Waals surface area contributed by atoms with E-state index in [2.05, 4.69) is 10.6 Å². The normalized spacial score (nSPS) is 15.8. The van der Waals surface area contributed by atoms with E-state index in [-0.39, 0.29) is 25.1 Å². The van der Waals surface area contributed by atoms with Gasteiger partial charge in [0, 0.05) is 30.8 Å². The number of carbonyl (C=O) groups excluding carboxylic acids is 2. The van der Waals surface area contributed by atoms with Gasteiger partial charge < -0.3 is 10.6 Å². The van der Waals surface area contributed by atoms with Crippen molar-refractivity contribution >= 4 is 23.6 Å². The Kier molecular flexibility index (Phi) is 7.86. The van der Waals surface area contributed by atoms with Crippen molar-refractivity contribution in [2.24, 2.45) is 0 Å². The van der Waals surface area contributed by atoms with Crippen molar-refractivity contribution in [3.8, 4) is 0 Å². The molecule has 4 N–H and O–H groups in total. The number of hydrogen-bond donors (Lipinski definition) is 4. The van der Waals surface area contributed by atoms with Crippen LogP contribution in [0.2, 0.25) is 0 Å². The summed E-state index contributed by atoms with van der Waals surface area (Å²) in [6.07, 6.45) is -6.00. The smallest absolute Gasteiger partial charge is 0.326 e. The van der Waals surface area contributed by atoms with Gasteiger partial charge in [0.25, 0.3) is 5.91 Å². The van der Waals surface area contributed by atoms with Crippen LogP contribution in [0.4, 0.5) is 32.0 Å². The van der Waals surface area contributed by atoms with Gasteiger partial charge in [0.05, 0.1) is 11.1 Å². The molecule has 12 heteroatoms.